The Kier molecular flexibility index (Phi) is 12.4. The molecule has 0 saturated carbocycles. The molecule has 4 aliphatic heterocycles. The van der Waals surface area contributed by atoms with Gasteiger partial charge in [-0.15, -0.1) is 0 Å². The molecule has 7 rings (SSSR count). The standard InChI is InChI=1S/C43H51N7O8/c1-48-24-31(28-13-18-44-23-30(28)41(48)54)27-21-35(57-2)32(36(22-27)58-3)25-49-19-14-26(15-20-49)39(52)46-17-7-5-4-6-16-45-33-10-8-9-29-38(33)43(56)50(42(29)55)34-11-12-37(51)47-40(34)53/h8-10,13,18,21-24,26,34,41,45,54H,4-7,11-12,14-17,19-20,25H2,1-3H3,(H,46,52)(H,47,51,53). The van der Waals surface area contributed by atoms with E-state index in [1.54, 1.807) is 49.7 Å². The van der Waals surface area contributed by atoms with Crippen molar-refractivity contribution in [2.24, 2.45) is 5.92 Å². The molecule has 5 heterocycles. The second kappa shape index (κ2) is 17.8. The van der Waals surface area contributed by atoms with Gasteiger partial charge in [0.1, 0.15) is 17.5 Å². The van der Waals surface area contributed by atoms with E-state index in [-0.39, 0.29) is 35.8 Å². The first kappa shape index (κ1) is 40.4. The topological polar surface area (TPSA) is 183 Å². The van der Waals surface area contributed by atoms with Crippen molar-refractivity contribution in [1.82, 2.24) is 30.3 Å². The largest absolute Gasteiger partial charge is 0.496 e. The summed E-state index contributed by atoms with van der Waals surface area (Å²) in [7, 11) is 5.14. The minimum atomic E-state index is -1.00. The Morgan fingerprint density at radius 2 is 1.66 bits per heavy atom. The quantitative estimate of drug-likeness (QED) is 0.129. The molecule has 15 heteroatoms. The number of anilines is 1. The summed E-state index contributed by atoms with van der Waals surface area (Å²) in [5.74, 6) is -0.616. The number of nitrogens with one attached hydrogen (secondary N) is 3. The van der Waals surface area contributed by atoms with Gasteiger partial charge in [0.05, 0.1) is 30.9 Å². The van der Waals surface area contributed by atoms with Crippen molar-refractivity contribution in [3.63, 3.8) is 0 Å². The Hall–Kier alpha value is -5.80. The average molecular weight is 794 g/mol. The number of imide groups is 2. The number of hydrogen-bond donors (Lipinski definition) is 4. The summed E-state index contributed by atoms with van der Waals surface area (Å²) in [6, 6.07) is 9.97. The van der Waals surface area contributed by atoms with Crippen LogP contribution >= 0.6 is 0 Å². The highest BCUT2D eigenvalue weighted by molar-refractivity contribution is 6.25. The van der Waals surface area contributed by atoms with Gasteiger partial charge in [0.2, 0.25) is 17.7 Å². The normalized spacial score (nSPS) is 19.7. The van der Waals surface area contributed by atoms with Crippen LogP contribution < -0.4 is 25.4 Å². The summed E-state index contributed by atoms with van der Waals surface area (Å²) in [6.07, 6.45) is 9.79. The zero-order chi connectivity index (χ0) is 40.9. The molecule has 2 fully saturated rings. The van der Waals surface area contributed by atoms with E-state index in [1.165, 1.54) is 0 Å². The first-order chi connectivity index (χ1) is 28.1. The maximum Gasteiger partial charge on any atom is 0.264 e. The minimum Gasteiger partial charge on any atom is -0.496 e. The van der Waals surface area contributed by atoms with Gasteiger partial charge >= 0.3 is 0 Å². The van der Waals surface area contributed by atoms with Crippen molar-refractivity contribution >= 4 is 40.8 Å². The first-order valence-electron chi connectivity index (χ1n) is 20.0. The smallest absolute Gasteiger partial charge is 0.264 e. The van der Waals surface area contributed by atoms with Gasteiger partial charge in [-0.2, -0.15) is 0 Å². The number of amides is 5. The lowest BCUT2D eigenvalue weighted by molar-refractivity contribution is -0.136. The van der Waals surface area contributed by atoms with Crippen LogP contribution in [0.25, 0.3) is 5.57 Å². The zero-order valence-electron chi connectivity index (χ0n) is 33.2. The maximum absolute atomic E-state index is 13.3. The number of benzene rings is 2. The molecule has 1 aromatic heterocycles. The van der Waals surface area contributed by atoms with Crippen LogP contribution in [0.3, 0.4) is 0 Å². The number of piperidine rings is 2. The number of likely N-dealkylation sites (tertiary alicyclic amines) is 1. The van der Waals surface area contributed by atoms with Crippen LogP contribution in [0.4, 0.5) is 5.69 Å². The average Bonchev–Trinajstić information content (AvgIpc) is 3.49. The number of pyridine rings is 1. The highest BCUT2D eigenvalue weighted by Crippen LogP contribution is 2.41. The highest BCUT2D eigenvalue weighted by Gasteiger charge is 2.45. The first-order valence-corrected chi connectivity index (χ1v) is 20.0. The molecule has 0 radical (unpaired) electrons. The number of rotatable bonds is 15. The molecule has 3 aromatic rings. The van der Waals surface area contributed by atoms with Crippen molar-refractivity contribution in [2.45, 2.75) is 70.2 Å². The Labute approximate surface area is 337 Å². The van der Waals surface area contributed by atoms with Crippen LogP contribution in [-0.2, 0) is 20.9 Å². The van der Waals surface area contributed by atoms with Crippen LogP contribution in [-0.4, -0.2) is 108 Å². The van der Waals surface area contributed by atoms with Gasteiger partial charge in [0.15, 0.2) is 6.23 Å². The number of nitrogens with zero attached hydrogens (tertiary/aromatic N) is 4. The third-order valence-electron chi connectivity index (χ3n) is 11.6. The van der Waals surface area contributed by atoms with E-state index in [1.807, 2.05) is 31.4 Å². The lowest BCUT2D eigenvalue weighted by Gasteiger charge is -2.32. The lowest BCUT2D eigenvalue weighted by atomic mass is 9.91. The zero-order valence-corrected chi connectivity index (χ0v) is 33.2. The highest BCUT2D eigenvalue weighted by atomic mass is 16.5. The summed E-state index contributed by atoms with van der Waals surface area (Å²) in [4.78, 5) is 72.7. The number of aliphatic hydroxyl groups excluding tert-OH is 1. The molecule has 0 aliphatic carbocycles. The molecule has 2 saturated heterocycles. The SMILES string of the molecule is COc1cc(C2=CN(C)C(O)c3cnccc32)cc(OC)c1CN1CCC(C(=O)NCCCCCCNc2cccc3c2C(=O)N(C2CCC(=O)NC2=O)C3=O)CC1. The van der Waals surface area contributed by atoms with E-state index in [0.717, 1.165) is 84.3 Å². The van der Waals surface area contributed by atoms with Gasteiger partial charge in [-0.3, -0.25) is 44.1 Å². The van der Waals surface area contributed by atoms with Gasteiger partial charge < -0.3 is 30.1 Å². The Balaban J connectivity index is 0.830. The van der Waals surface area contributed by atoms with E-state index >= 15 is 0 Å². The van der Waals surface area contributed by atoms with E-state index in [4.69, 9.17) is 9.47 Å². The fraction of sp³-hybridized carbons (Fsp3) is 0.442. The van der Waals surface area contributed by atoms with Gasteiger partial charge in [0, 0.05) is 74.4 Å². The number of hydrogen-bond acceptors (Lipinski definition) is 12. The molecule has 4 N–H and O–H groups in total. The number of methoxy groups -OCH3 is 2. The van der Waals surface area contributed by atoms with Crippen LogP contribution in [0.5, 0.6) is 11.5 Å². The number of unbranched alkanes of at least 4 members (excludes halogenated alkanes) is 3. The number of carbonyl (C=O) groups excluding carboxylic acids is 5. The molecule has 4 aliphatic rings. The maximum atomic E-state index is 13.3. The number of aromatic nitrogens is 1. The monoisotopic (exact) mass is 793 g/mol. The Morgan fingerprint density at radius 3 is 2.36 bits per heavy atom. The summed E-state index contributed by atoms with van der Waals surface area (Å²) in [5.41, 5.74) is 5.48. The van der Waals surface area contributed by atoms with Gasteiger partial charge in [0.25, 0.3) is 11.8 Å². The molecule has 0 spiro atoms. The van der Waals surface area contributed by atoms with Crippen molar-refractivity contribution in [3.8, 4) is 11.5 Å². The van der Waals surface area contributed by atoms with Crippen LogP contribution in [0.1, 0.15) is 101 Å². The molecule has 2 aromatic carbocycles. The lowest BCUT2D eigenvalue weighted by Crippen LogP contribution is -2.54. The van der Waals surface area contributed by atoms with Crippen LogP contribution in [0, 0.1) is 5.92 Å². The summed E-state index contributed by atoms with van der Waals surface area (Å²) in [5, 5.41) is 19.3. The molecule has 5 amide bonds. The van der Waals surface area contributed by atoms with E-state index < -0.39 is 35.9 Å². The molecule has 306 valence electrons. The molecular formula is C43H51N7O8. The number of ether oxygens (including phenoxy) is 2. The third-order valence-corrected chi connectivity index (χ3v) is 11.6. The van der Waals surface area contributed by atoms with Crippen molar-refractivity contribution in [2.75, 3.05) is 52.8 Å². The number of carbonyl (C=O) groups is 5. The number of fused-ring (bicyclic) bond motifs is 2. The van der Waals surface area contributed by atoms with Gasteiger partial charge in [-0.25, -0.2) is 0 Å². The molecule has 15 nitrogen and oxygen atoms in total. The summed E-state index contributed by atoms with van der Waals surface area (Å²) < 4.78 is 11.8. The molecule has 2 unspecified atom stereocenters. The Morgan fingerprint density at radius 1 is 0.931 bits per heavy atom. The predicted octanol–water partition coefficient (Wildman–Crippen LogP) is 3.83. The van der Waals surface area contributed by atoms with Crippen LogP contribution in [0.15, 0.2) is 55.0 Å². The van der Waals surface area contributed by atoms with Crippen molar-refractivity contribution in [1.29, 1.82) is 0 Å². The second-order valence-electron chi connectivity index (χ2n) is 15.3. The van der Waals surface area contributed by atoms with Crippen LogP contribution in [0.2, 0.25) is 0 Å². The fourth-order valence-electron chi connectivity index (χ4n) is 8.37. The molecule has 0 bridgehead atoms. The molecule has 58 heavy (non-hydrogen) atoms. The Bertz CT molecular complexity index is 2090. The minimum absolute atomic E-state index is 0.0418. The predicted molar refractivity (Wildman–Crippen MR) is 215 cm³/mol. The third kappa shape index (κ3) is 8.27. The van der Waals surface area contributed by atoms with E-state index in [9.17, 15) is 29.1 Å². The van der Waals surface area contributed by atoms with E-state index in [2.05, 4.69) is 25.8 Å². The van der Waals surface area contributed by atoms with Gasteiger partial charge in [-0.1, -0.05) is 18.9 Å². The fourth-order valence-corrected chi connectivity index (χ4v) is 8.37. The summed E-state index contributed by atoms with van der Waals surface area (Å²) >= 11 is 0. The van der Waals surface area contributed by atoms with Gasteiger partial charge in [-0.05, 0) is 86.7 Å². The van der Waals surface area contributed by atoms with Crippen molar-refractivity contribution in [3.05, 3.63) is 88.4 Å². The van der Waals surface area contributed by atoms with Crippen molar-refractivity contribution < 1.29 is 38.6 Å². The summed E-state index contributed by atoms with van der Waals surface area (Å²) in [6.45, 7) is 3.37. The number of aliphatic hydroxyl groups is 1. The molecular weight excluding hydrogens is 743 g/mol. The molecule has 2 atom stereocenters. The second-order valence-corrected chi connectivity index (χ2v) is 15.3. The van der Waals surface area contributed by atoms with E-state index in [0.29, 0.717) is 36.8 Å².